The largest absolute Gasteiger partial charge is 0.450 e. The van der Waals surface area contributed by atoms with E-state index in [1.165, 1.54) is 0 Å². The standard InChI is InChI=1S/C20H25FN6O2/c1-2-8-15(14-9-4-3-5-10-14)24-20(28)29-12-7-6-11-27-13-23-16-17(22)25-19(21)26-18(16)27/h3-5,9-10,13,15H,2,6-8,11-12H2,1H3,(H,24,28)(H2,22,25,26). The highest BCUT2D eigenvalue weighted by Gasteiger charge is 2.14. The SMILES string of the molecule is CCCC(NC(=O)OCCCCn1cnc2c(N)nc(F)nc21)c1ccccc1. The molecular weight excluding hydrogens is 375 g/mol. The zero-order valence-corrected chi connectivity index (χ0v) is 16.3. The van der Waals surface area contributed by atoms with Gasteiger partial charge in [-0.3, -0.25) is 0 Å². The molecule has 0 fully saturated rings. The molecule has 3 aromatic rings. The number of hydrogen-bond donors (Lipinski definition) is 2. The van der Waals surface area contributed by atoms with Gasteiger partial charge in [0.05, 0.1) is 19.0 Å². The molecule has 3 N–H and O–H groups in total. The van der Waals surface area contributed by atoms with Crippen molar-refractivity contribution in [2.75, 3.05) is 12.3 Å². The third kappa shape index (κ3) is 5.40. The number of unbranched alkanes of at least 4 members (excludes halogenated alkanes) is 1. The fourth-order valence-electron chi connectivity index (χ4n) is 3.13. The van der Waals surface area contributed by atoms with E-state index in [9.17, 15) is 9.18 Å². The van der Waals surface area contributed by atoms with Gasteiger partial charge in [0.1, 0.15) is 5.52 Å². The third-order valence-corrected chi connectivity index (χ3v) is 4.56. The summed E-state index contributed by atoms with van der Waals surface area (Å²) in [5.41, 5.74) is 7.45. The molecule has 0 radical (unpaired) electrons. The molecule has 1 amide bonds. The molecule has 0 bridgehead atoms. The minimum atomic E-state index is -0.878. The van der Waals surface area contributed by atoms with Gasteiger partial charge in [-0.2, -0.15) is 14.4 Å². The number of fused-ring (bicyclic) bond motifs is 1. The smallest absolute Gasteiger partial charge is 0.407 e. The molecule has 2 heterocycles. The minimum absolute atomic E-state index is 0.0197. The number of nitrogens with one attached hydrogen (secondary N) is 1. The number of nitrogens with two attached hydrogens (primary N) is 1. The Kier molecular flexibility index (Phi) is 6.94. The highest BCUT2D eigenvalue weighted by Crippen LogP contribution is 2.18. The van der Waals surface area contributed by atoms with E-state index in [0.717, 1.165) is 18.4 Å². The third-order valence-electron chi connectivity index (χ3n) is 4.56. The number of aromatic nitrogens is 4. The molecule has 1 atom stereocenters. The molecule has 8 nitrogen and oxygen atoms in total. The van der Waals surface area contributed by atoms with E-state index < -0.39 is 12.2 Å². The van der Waals surface area contributed by atoms with Crippen molar-refractivity contribution < 1.29 is 13.9 Å². The predicted octanol–water partition coefficient (Wildman–Crippen LogP) is 3.60. The molecule has 1 unspecified atom stereocenters. The molecule has 29 heavy (non-hydrogen) atoms. The number of carbonyl (C=O) groups is 1. The van der Waals surface area contributed by atoms with Crippen molar-refractivity contribution in [3.8, 4) is 0 Å². The Bertz CT molecular complexity index is 947. The zero-order valence-electron chi connectivity index (χ0n) is 16.3. The number of carbonyl (C=O) groups excluding carboxylic acids is 1. The lowest BCUT2D eigenvalue weighted by atomic mass is 10.0. The summed E-state index contributed by atoms with van der Waals surface area (Å²) < 4.78 is 20.4. The summed E-state index contributed by atoms with van der Waals surface area (Å²) in [6.07, 6.45) is 3.40. The molecule has 0 aliphatic carbocycles. The highest BCUT2D eigenvalue weighted by atomic mass is 19.1. The number of alkyl carbamates (subject to hydrolysis) is 1. The normalized spacial score (nSPS) is 12.1. The summed E-state index contributed by atoms with van der Waals surface area (Å²) >= 11 is 0. The van der Waals surface area contributed by atoms with Crippen LogP contribution in [0.5, 0.6) is 0 Å². The molecule has 0 aliphatic heterocycles. The lowest BCUT2D eigenvalue weighted by Crippen LogP contribution is -2.29. The van der Waals surface area contributed by atoms with Gasteiger partial charge in [-0.15, -0.1) is 0 Å². The van der Waals surface area contributed by atoms with Crippen LogP contribution in [0.3, 0.4) is 0 Å². The quantitative estimate of drug-likeness (QED) is 0.420. The average Bonchev–Trinajstić information content (AvgIpc) is 3.11. The molecule has 1 aromatic carbocycles. The lowest BCUT2D eigenvalue weighted by molar-refractivity contribution is 0.139. The van der Waals surface area contributed by atoms with Gasteiger partial charge in [-0.05, 0) is 24.8 Å². The molecule has 154 valence electrons. The maximum absolute atomic E-state index is 13.4. The van der Waals surface area contributed by atoms with E-state index in [4.69, 9.17) is 10.5 Å². The van der Waals surface area contributed by atoms with Crippen molar-refractivity contribution in [3.63, 3.8) is 0 Å². The summed E-state index contributed by atoms with van der Waals surface area (Å²) in [5, 5.41) is 2.93. The Morgan fingerprint density at radius 2 is 2.07 bits per heavy atom. The number of halogens is 1. The first-order valence-corrected chi connectivity index (χ1v) is 9.70. The van der Waals surface area contributed by atoms with E-state index in [1.54, 1.807) is 10.9 Å². The first-order chi connectivity index (χ1) is 14.1. The van der Waals surface area contributed by atoms with Crippen LogP contribution in [0.2, 0.25) is 0 Å². The molecule has 3 rings (SSSR count). The fourth-order valence-corrected chi connectivity index (χ4v) is 3.13. The molecule has 0 saturated carbocycles. The van der Waals surface area contributed by atoms with Crippen molar-refractivity contribution in [1.82, 2.24) is 24.8 Å². The Balaban J connectivity index is 1.44. The second-order valence-electron chi connectivity index (χ2n) is 6.73. The first kappa shape index (κ1) is 20.5. The molecule has 0 aliphatic rings. The van der Waals surface area contributed by atoms with E-state index in [-0.39, 0.29) is 18.5 Å². The Morgan fingerprint density at radius 1 is 1.28 bits per heavy atom. The van der Waals surface area contributed by atoms with Crippen LogP contribution >= 0.6 is 0 Å². The van der Waals surface area contributed by atoms with Crippen molar-refractivity contribution in [2.45, 2.75) is 45.2 Å². The summed E-state index contributed by atoms with van der Waals surface area (Å²) in [7, 11) is 0. The summed E-state index contributed by atoms with van der Waals surface area (Å²) in [5.74, 6) is 0.0197. The number of nitrogen functional groups attached to an aromatic ring is 1. The van der Waals surface area contributed by atoms with Gasteiger partial charge in [-0.1, -0.05) is 43.7 Å². The predicted molar refractivity (Wildman–Crippen MR) is 108 cm³/mol. The van der Waals surface area contributed by atoms with Crippen molar-refractivity contribution in [3.05, 3.63) is 48.3 Å². The maximum atomic E-state index is 13.4. The molecule has 9 heteroatoms. The van der Waals surface area contributed by atoms with Crippen LogP contribution in [0.1, 0.15) is 44.2 Å². The molecule has 0 spiro atoms. The Labute approximate surface area is 168 Å². The molecular formula is C20H25FN6O2. The number of anilines is 1. The van der Waals surface area contributed by atoms with Gasteiger partial charge in [0.15, 0.2) is 11.5 Å². The lowest BCUT2D eigenvalue weighted by Gasteiger charge is -2.18. The second kappa shape index (κ2) is 9.81. The van der Waals surface area contributed by atoms with Gasteiger partial charge in [-0.25, -0.2) is 9.78 Å². The van der Waals surface area contributed by atoms with Gasteiger partial charge >= 0.3 is 12.2 Å². The summed E-state index contributed by atoms with van der Waals surface area (Å²) in [6, 6.07) is 9.78. The summed E-state index contributed by atoms with van der Waals surface area (Å²) in [4.78, 5) is 23.5. The average molecular weight is 400 g/mol. The van der Waals surface area contributed by atoms with Crippen LogP contribution in [0, 0.1) is 6.08 Å². The number of imidazole rings is 1. The second-order valence-corrected chi connectivity index (χ2v) is 6.73. The van der Waals surface area contributed by atoms with Crippen LogP contribution in [0.15, 0.2) is 36.7 Å². The minimum Gasteiger partial charge on any atom is -0.450 e. The highest BCUT2D eigenvalue weighted by molar-refractivity contribution is 5.81. The fraction of sp³-hybridized carbons (Fsp3) is 0.400. The number of hydrogen-bond acceptors (Lipinski definition) is 6. The van der Waals surface area contributed by atoms with Gasteiger partial charge in [0.2, 0.25) is 0 Å². The van der Waals surface area contributed by atoms with Crippen LogP contribution in [-0.4, -0.2) is 32.2 Å². The van der Waals surface area contributed by atoms with E-state index in [1.807, 2.05) is 30.3 Å². The monoisotopic (exact) mass is 400 g/mol. The van der Waals surface area contributed by atoms with Crippen LogP contribution in [-0.2, 0) is 11.3 Å². The van der Waals surface area contributed by atoms with E-state index in [2.05, 4.69) is 27.2 Å². The Morgan fingerprint density at radius 3 is 2.83 bits per heavy atom. The number of rotatable bonds is 9. The number of ether oxygens (including phenoxy) is 1. The van der Waals surface area contributed by atoms with Crippen LogP contribution < -0.4 is 11.1 Å². The van der Waals surface area contributed by atoms with E-state index >= 15 is 0 Å². The van der Waals surface area contributed by atoms with Crippen LogP contribution in [0.4, 0.5) is 15.0 Å². The summed E-state index contributed by atoms with van der Waals surface area (Å²) in [6.45, 7) is 2.92. The van der Waals surface area contributed by atoms with Gasteiger partial charge < -0.3 is 20.4 Å². The van der Waals surface area contributed by atoms with Crippen molar-refractivity contribution >= 4 is 23.1 Å². The van der Waals surface area contributed by atoms with Crippen molar-refractivity contribution in [1.29, 1.82) is 0 Å². The van der Waals surface area contributed by atoms with E-state index in [0.29, 0.717) is 30.6 Å². The van der Waals surface area contributed by atoms with Crippen molar-refractivity contribution in [2.24, 2.45) is 0 Å². The number of nitrogens with zero attached hydrogens (tertiary/aromatic N) is 4. The Hall–Kier alpha value is -3.23. The maximum Gasteiger partial charge on any atom is 0.407 e. The number of amides is 1. The zero-order chi connectivity index (χ0) is 20.6. The van der Waals surface area contributed by atoms with Gasteiger partial charge in [0, 0.05) is 6.54 Å². The molecule has 2 aromatic heterocycles. The molecule has 0 saturated heterocycles. The first-order valence-electron chi connectivity index (χ1n) is 9.70. The number of benzene rings is 1. The van der Waals surface area contributed by atoms with Crippen LogP contribution in [0.25, 0.3) is 11.2 Å². The number of aryl methyl sites for hydroxylation is 1. The topological polar surface area (TPSA) is 108 Å². The van der Waals surface area contributed by atoms with Gasteiger partial charge in [0.25, 0.3) is 0 Å².